The van der Waals surface area contributed by atoms with E-state index in [1.165, 1.54) is 18.2 Å². The van der Waals surface area contributed by atoms with Gasteiger partial charge in [-0.2, -0.15) is 0 Å². The second kappa shape index (κ2) is 11.3. The van der Waals surface area contributed by atoms with Crippen LogP contribution in [-0.4, -0.2) is 61.1 Å². The van der Waals surface area contributed by atoms with Crippen LogP contribution < -0.4 is 9.64 Å². The van der Waals surface area contributed by atoms with E-state index in [9.17, 15) is 19.7 Å². The second-order valence-corrected chi connectivity index (χ2v) is 8.99. The Kier molecular flexibility index (Phi) is 8.69. The lowest BCUT2D eigenvalue weighted by Crippen LogP contribution is -2.50. The maximum atomic E-state index is 12.7. The van der Waals surface area contributed by atoms with E-state index in [-0.39, 0.29) is 46.2 Å². The normalized spacial score (nSPS) is 13.5. The lowest BCUT2D eigenvalue weighted by Gasteiger charge is -2.35. The van der Waals surface area contributed by atoms with Crippen LogP contribution in [0.3, 0.4) is 0 Å². The Bertz CT molecular complexity index is 1140. The Labute approximate surface area is 217 Å². The van der Waals surface area contributed by atoms with E-state index in [1.807, 2.05) is 0 Å². The average molecular weight is 545 g/mol. The number of rotatable bonds is 7. The summed E-state index contributed by atoms with van der Waals surface area (Å²) in [6, 6.07) is 4.23. The number of piperazine rings is 1. The predicted octanol–water partition coefficient (Wildman–Crippen LogP) is 5.08. The lowest BCUT2D eigenvalue weighted by atomic mass is 10.1. The fraction of sp³-hybridized carbons (Fsp3) is 0.391. The van der Waals surface area contributed by atoms with Crippen LogP contribution >= 0.6 is 34.8 Å². The molecule has 1 amide bonds. The first-order chi connectivity index (χ1) is 16.6. The van der Waals surface area contributed by atoms with Crippen molar-refractivity contribution < 1.29 is 24.0 Å². The molecular weight excluding hydrogens is 521 g/mol. The van der Waals surface area contributed by atoms with Gasteiger partial charge in [-0.25, -0.2) is 4.79 Å². The number of halogens is 3. The monoisotopic (exact) mass is 543 g/mol. The van der Waals surface area contributed by atoms with Crippen molar-refractivity contribution in [3.63, 3.8) is 0 Å². The number of carbonyl (C=O) groups excluding carboxylic acids is 2. The molecule has 0 aromatic heterocycles. The Morgan fingerprint density at radius 2 is 1.63 bits per heavy atom. The summed E-state index contributed by atoms with van der Waals surface area (Å²) < 4.78 is 10.6. The zero-order chi connectivity index (χ0) is 25.9. The quantitative estimate of drug-likeness (QED) is 0.272. The first kappa shape index (κ1) is 26.8. The van der Waals surface area contributed by atoms with Crippen LogP contribution in [0.2, 0.25) is 15.1 Å². The number of nitro benzene ring substituents is 1. The smallest absolute Gasteiger partial charge is 0.338 e. The van der Waals surface area contributed by atoms with Gasteiger partial charge in [-0.15, -0.1) is 0 Å². The molecule has 9 nitrogen and oxygen atoms in total. The predicted molar refractivity (Wildman–Crippen MR) is 134 cm³/mol. The summed E-state index contributed by atoms with van der Waals surface area (Å²) in [4.78, 5) is 39.2. The van der Waals surface area contributed by atoms with Crippen molar-refractivity contribution >= 4 is 58.1 Å². The maximum absolute atomic E-state index is 12.7. The molecule has 0 atom stereocenters. The van der Waals surface area contributed by atoms with Gasteiger partial charge < -0.3 is 19.3 Å². The second-order valence-electron chi connectivity index (χ2n) is 7.86. The van der Waals surface area contributed by atoms with Crippen molar-refractivity contribution in [1.82, 2.24) is 4.90 Å². The van der Waals surface area contributed by atoms with Gasteiger partial charge in [0.05, 0.1) is 27.1 Å². The molecule has 12 heteroatoms. The van der Waals surface area contributed by atoms with Crippen molar-refractivity contribution in [3.8, 4) is 5.75 Å². The molecule has 0 spiro atoms. The molecule has 0 unspecified atom stereocenters. The van der Waals surface area contributed by atoms with E-state index >= 15 is 0 Å². The van der Waals surface area contributed by atoms with Gasteiger partial charge in [0.25, 0.3) is 11.6 Å². The standard InChI is InChI=1S/C23H24Cl3N3O6/c1-4-34-23(31)15-5-6-16(17(11-15)29(32)33)27-7-9-28(10-8-27)18(30)12-35-22-20(25)13(2)19(24)14(3)21(22)26/h5-6,11H,4,7-10,12H2,1-3H3. The van der Waals surface area contributed by atoms with Crippen LogP contribution in [0.25, 0.3) is 0 Å². The molecule has 1 aliphatic heterocycles. The Morgan fingerprint density at radius 1 is 1.03 bits per heavy atom. The molecule has 2 aromatic rings. The number of carbonyl (C=O) groups is 2. The lowest BCUT2D eigenvalue weighted by molar-refractivity contribution is -0.384. The Hall–Kier alpha value is -2.75. The third-order valence-corrected chi connectivity index (χ3v) is 7.19. The van der Waals surface area contributed by atoms with E-state index in [4.69, 9.17) is 44.3 Å². The minimum atomic E-state index is -0.621. The molecule has 0 saturated carbocycles. The zero-order valence-corrected chi connectivity index (χ0v) is 21.7. The molecule has 188 valence electrons. The average Bonchev–Trinajstić information content (AvgIpc) is 2.86. The number of nitro groups is 1. The molecule has 3 rings (SSSR count). The summed E-state index contributed by atoms with van der Waals surface area (Å²) >= 11 is 18.8. The molecule has 0 N–H and O–H groups in total. The van der Waals surface area contributed by atoms with Gasteiger partial charge in [0.15, 0.2) is 12.4 Å². The Morgan fingerprint density at radius 3 is 2.17 bits per heavy atom. The SMILES string of the molecule is CCOC(=O)c1ccc(N2CCN(C(=O)COc3c(Cl)c(C)c(Cl)c(C)c3Cl)CC2)c([N+](=O)[O-])c1. The van der Waals surface area contributed by atoms with Gasteiger partial charge in [0.2, 0.25) is 0 Å². The van der Waals surface area contributed by atoms with Crippen molar-refractivity contribution in [2.45, 2.75) is 20.8 Å². The number of anilines is 1. The number of ether oxygens (including phenoxy) is 2. The maximum Gasteiger partial charge on any atom is 0.338 e. The molecular formula is C23H24Cl3N3O6. The summed E-state index contributed by atoms with van der Waals surface area (Å²) in [6.45, 7) is 6.43. The van der Waals surface area contributed by atoms with Crippen LogP contribution in [0.1, 0.15) is 28.4 Å². The zero-order valence-electron chi connectivity index (χ0n) is 19.4. The highest BCUT2D eigenvalue weighted by Crippen LogP contribution is 2.42. The minimum absolute atomic E-state index is 0.109. The van der Waals surface area contributed by atoms with Crippen LogP contribution in [0.5, 0.6) is 5.75 Å². The molecule has 0 radical (unpaired) electrons. The minimum Gasteiger partial charge on any atom is -0.481 e. The molecule has 1 aliphatic rings. The first-order valence-electron chi connectivity index (χ1n) is 10.8. The van der Waals surface area contributed by atoms with Gasteiger partial charge in [-0.3, -0.25) is 14.9 Å². The summed E-state index contributed by atoms with van der Waals surface area (Å²) in [7, 11) is 0. The van der Waals surface area contributed by atoms with Crippen LogP contribution in [0.4, 0.5) is 11.4 Å². The number of amides is 1. The van der Waals surface area contributed by atoms with Crippen molar-refractivity contribution in [1.29, 1.82) is 0 Å². The largest absolute Gasteiger partial charge is 0.481 e. The molecule has 1 fully saturated rings. The topological polar surface area (TPSA) is 102 Å². The van der Waals surface area contributed by atoms with Crippen LogP contribution in [-0.2, 0) is 9.53 Å². The molecule has 1 saturated heterocycles. The van der Waals surface area contributed by atoms with E-state index in [1.54, 1.807) is 30.6 Å². The summed E-state index contributed by atoms with van der Waals surface area (Å²) in [6.07, 6.45) is 0. The van der Waals surface area contributed by atoms with E-state index in [0.717, 1.165) is 0 Å². The third-order valence-electron chi connectivity index (χ3n) is 5.71. The van der Waals surface area contributed by atoms with Crippen molar-refractivity contribution in [3.05, 3.63) is 60.1 Å². The van der Waals surface area contributed by atoms with Gasteiger partial charge in [-0.1, -0.05) is 34.8 Å². The van der Waals surface area contributed by atoms with Crippen molar-refractivity contribution in [2.24, 2.45) is 0 Å². The third kappa shape index (κ3) is 5.74. The highest BCUT2D eigenvalue weighted by Gasteiger charge is 2.28. The van der Waals surface area contributed by atoms with Crippen LogP contribution in [0.15, 0.2) is 18.2 Å². The van der Waals surface area contributed by atoms with Gasteiger partial charge >= 0.3 is 5.97 Å². The highest BCUT2D eigenvalue weighted by atomic mass is 35.5. The number of esters is 1. The van der Waals surface area contributed by atoms with E-state index < -0.39 is 10.9 Å². The van der Waals surface area contributed by atoms with E-state index in [2.05, 4.69) is 0 Å². The molecule has 1 heterocycles. The number of hydrogen-bond acceptors (Lipinski definition) is 7. The van der Waals surface area contributed by atoms with Crippen molar-refractivity contribution in [2.75, 3.05) is 44.3 Å². The van der Waals surface area contributed by atoms with Gasteiger partial charge in [-0.05, 0) is 44.0 Å². The number of nitrogens with zero attached hydrogens (tertiary/aromatic N) is 3. The highest BCUT2D eigenvalue weighted by molar-refractivity contribution is 6.42. The van der Waals surface area contributed by atoms with E-state index in [0.29, 0.717) is 48.0 Å². The fourth-order valence-corrected chi connectivity index (χ4v) is 4.56. The summed E-state index contributed by atoms with van der Waals surface area (Å²) in [5.41, 5.74) is 1.51. The molecule has 0 bridgehead atoms. The van der Waals surface area contributed by atoms with Gasteiger partial charge in [0, 0.05) is 37.3 Å². The number of benzene rings is 2. The number of hydrogen-bond donors (Lipinski definition) is 0. The van der Waals surface area contributed by atoms with Crippen LogP contribution in [0, 0.1) is 24.0 Å². The first-order valence-corrected chi connectivity index (χ1v) is 11.9. The Balaban J connectivity index is 1.66. The summed E-state index contributed by atoms with van der Waals surface area (Å²) in [5.74, 6) is -0.685. The fourth-order valence-electron chi connectivity index (χ4n) is 3.74. The molecule has 35 heavy (non-hydrogen) atoms. The molecule has 2 aromatic carbocycles. The van der Waals surface area contributed by atoms with Gasteiger partial charge in [0.1, 0.15) is 5.69 Å². The molecule has 0 aliphatic carbocycles. The summed E-state index contributed by atoms with van der Waals surface area (Å²) in [5, 5.41) is 12.6.